The van der Waals surface area contributed by atoms with Gasteiger partial charge in [0, 0.05) is 12.1 Å². The van der Waals surface area contributed by atoms with Crippen LogP contribution in [0.5, 0.6) is 5.75 Å². The summed E-state index contributed by atoms with van der Waals surface area (Å²) in [6, 6.07) is 6.34. The Balaban J connectivity index is 2.37. The Morgan fingerprint density at radius 1 is 1.42 bits per heavy atom. The number of hydrogen-bond acceptors (Lipinski definition) is 3. The maximum absolute atomic E-state index is 12.6. The minimum Gasteiger partial charge on any atom is -0.497 e. The van der Waals surface area contributed by atoms with Crippen LogP contribution in [0.15, 0.2) is 18.2 Å². The van der Waals surface area contributed by atoms with Crippen LogP contribution < -0.4 is 9.64 Å². The molecular formula is C13H13F3N2O. The maximum Gasteiger partial charge on any atom is 0.405 e. The molecule has 0 N–H and O–H groups in total. The minimum absolute atomic E-state index is 0.138. The van der Waals surface area contributed by atoms with Gasteiger partial charge in [-0.2, -0.15) is 18.4 Å². The van der Waals surface area contributed by atoms with Crippen molar-refractivity contribution in [2.45, 2.75) is 25.1 Å². The summed E-state index contributed by atoms with van der Waals surface area (Å²) in [5, 5.41) is 9.03. The number of rotatable bonds is 4. The van der Waals surface area contributed by atoms with Crippen LogP contribution in [0, 0.1) is 11.3 Å². The van der Waals surface area contributed by atoms with E-state index in [1.54, 1.807) is 6.07 Å². The van der Waals surface area contributed by atoms with Gasteiger partial charge in [-0.15, -0.1) is 0 Å². The zero-order chi connectivity index (χ0) is 14.0. The Kier molecular flexibility index (Phi) is 3.56. The smallest absolute Gasteiger partial charge is 0.405 e. The molecule has 2 rings (SSSR count). The summed E-state index contributed by atoms with van der Waals surface area (Å²) in [6.45, 7) is -1.04. The van der Waals surface area contributed by atoms with Gasteiger partial charge in [0.15, 0.2) is 0 Å². The van der Waals surface area contributed by atoms with Crippen LogP contribution in [0.1, 0.15) is 18.4 Å². The van der Waals surface area contributed by atoms with Crippen molar-refractivity contribution in [3.8, 4) is 11.8 Å². The number of alkyl halides is 3. The molecule has 0 spiro atoms. The van der Waals surface area contributed by atoms with Gasteiger partial charge in [-0.1, -0.05) is 0 Å². The van der Waals surface area contributed by atoms with E-state index in [0.717, 1.165) is 12.8 Å². The number of nitrogens with zero attached hydrogens (tertiary/aromatic N) is 2. The molecule has 0 heterocycles. The van der Waals surface area contributed by atoms with Crippen molar-refractivity contribution in [1.29, 1.82) is 5.26 Å². The molecule has 3 nitrogen and oxygen atoms in total. The lowest BCUT2D eigenvalue weighted by molar-refractivity contribution is -0.120. The number of hydrogen-bond donors (Lipinski definition) is 0. The van der Waals surface area contributed by atoms with Gasteiger partial charge in [-0.25, -0.2) is 0 Å². The molecule has 0 saturated heterocycles. The van der Waals surface area contributed by atoms with Crippen LogP contribution in [-0.4, -0.2) is 25.9 Å². The largest absolute Gasteiger partial charge is 0.497 e. The molecule has 102 valence electrons. The minimum atomic E-state index is -4.29. The number of nitriles is 1. The highest BCUT2D eigenvalue weighted by Crippen LogP contribution is 2.37. The second-order valence-corrected chi connectivity index (χ2v) is 4.47. The first kappa shape index (κ1) is 13.5. The average Bonchev–Trinajstić information content (AvgIpc) is 3.18. The van der Waals surface area contributed by atoms with Crippen LogP contribution in [0.3, 0.4) is 0 Å². The molecule has 0 radical (unpaired) electrons. The van der Waals surface area contributed by atoms with Gasteiger partial charge in [-0.3, -0.25) is 0 Å². The summed E-state index contributed by atoms with van der Waals surface area (Å²) in [7, 11) is 1.44. The number of ether oxygens (including phenoxy) is 1. The van der Waals surface area contributed by atoms with E-state index in [-0.39, 0.29) is 11.6 Å². The molecule has 1 aliphatic rings. The number of anilines is 1. The van der Waals surface area contributed by atoms with Crippen LogP contribution in [0.4, 0.5) is 18.9 Å². The summed E-state index contributed by atoms with van der Waals surface area (Å²) < 4.78 is 42.9. The summed E-state index contributed by atoms with van der Waals surface area (Å²) in [5.74, 6) is 0.446. The second kappa shape index (κ2) is 5.00. The molecule has 0 atom stereocenters. The monoisotopic (exact) mass is 270 g/mol. The third-order valence-corrected chi connectivity index (χ3v) is 2.97. The number of benzene rings is 1. The predicted octanol–water partition coefficient (Wildman–Crippen LogP) is 3.10. The topological polar surface area (TPSA) is 36.3 Å². The Morgan fingerprint density at radius 3 is 2.58 bits per heavy atom. The van der Waals surface area contributed by atoms with Crippen molar-refractivity contribution < 1.29 is 17.9 Å². The third kappa shape index (κ3) is 3.31. The van der Waals surface area contributed by atoms with E-state index in [9.17, 15) is 13.2 Å². The van der Waals surface area contributed by atoms with Gasteiger partial charge in [0.25, 0.3) is 0 Å². The van der Waals surface area contributed by atoms with Crippen molar-refractivity contribution >= 4 is 5.69 Å². The molecule has 1 aromatic carbocycles. The van der Waals surface area contributed by atoms with Gasteiger partial charge in [-0.05, 0) is 25.0 Å². The first-order chi connectivity index (χ1) is 8.94. The highest BCUT2D eigenvalue weighted by Gasteiger charge is 2.39. The van der Waals surface area contributed by atoms with Gasteiger partial charge < -0.3 is 9.64 Å². The molecule has 1 saturated carbocycles. The van der Waals surface area contributed by atoms with Gasteiger partial charge in [0.1, 0.15) is 18.4 Å². The molecule has 1 fully saturated rings. The molecule has 0 aliphatic heterocycles. The molecule has 0 aromatic heterocycles. The summed E-state index contributed by atoms with van der Waals surface area (Å²) >= 11 is 0. The first-order valence-corrected chi connectivity index (χ1v) is 5.86. The predicted molar refractivity (Wildman–Crippen MR) is 64.1 cm³/mol. The zero-order valence-electron chi connectivity index (χ0n) is 10.4. The normalized spacial score (nSPS) is 14.9. The lowest BCUT2D eigenvalue weighted by Gasteiger charge is -2.27. The fourth-order valence-electron chi connectivity index (χ4n) is 1.96. The molecule has 0 bridgehead atoms. The molecule has 1 aliphatic carbocycles. The van der Waals surface area contributed by atoms with E-state index in [1.807, 2.05) is 6.07 Å². The number of halogens is 3. The van der Waals surface area contributed by atoms with Crippen molar-refractivity contribution in [1.82, 2.24) is 0 Å². The Labute approximate surface area is 109 Å². The highest BCUT2D eigenvalue weighted by molar-refractivity contribution is 5.63. The van der Waals surface area contributed by atoms with E-state index >= 15 is 0 Å². The molecule has 0 unspecified atom stereocenters. The zero-order valence-corrected chi connectivity index (χ0v) is 10.4. The SMILES string of the molecule is COc1ccc(C#N)c(N(CC(F)(F)F)C2CC2)c1. The third-order valence-electron chi connectivity index (χ3n) is 2.97. The fourth-order valence-corrected chi connectivity index (χ4v) is 1.96. The average molecular weight is 270 g/mol. The molecule has 1 aromatic rings. The second-order valence-electron chi connectivity index (χ2n) is 4.47. The fraction of sp³-hybridized carbons (Fsp3) is 0.462. The van der Waals surface area contributed by atoms with Crippen molar-refractivity contribution in [3.63, 3.8) is 0 Å². The molecule has 0 amide bonds. The summed E-state index contributed by atoms with van der Waals surface area (Å²) in [6.07, 6.45) is -2.85. The van der Waals surface area contributed by atoms with Gasteiger partial charge >= 0.3 is 6.18 Å². The molecular weight excluding hydrogens is 257 g/mol. The van der Waals surface area contributed by atoms with Crippen molar-refractivity contribution in [3.05, 3.63) is 23.8 Å². The van der Waals surface area contributed by atoms with Crippen LogP contribution in [-0.2, 0) is 0 Å². The Hall–Kier alpha value is -1.90. The van der Waals surface area contributed by atoms with E-state index in [2.05, 4.69) is 0 Å². The maximum atomic E-state index is 12.6. The van der Waals surface area contributed by atoms with E-state index in [0.29, 0.717) is 11.4 Å². The lowest BCUT2D eigenvalue weighted by atomic mass is 10.1. The van der Waals surface area contributed by atoms with E-state index in [1.165, 1.54) is 24.1 Å². The molecule has 6 heteroatoms. The van der Waals surface area contributed by atoms with Crippen molar-refractivity contribution in [2.75, 3.05) is 18.6 Å². The van der Waals surface area contributed by atoms with Gasteiger partial charge in [0.2, 0.25) is 0 Å². The summed E-state index contributed by atoms with van der Waals surface area (Å²) in [5.41, 5.74) is 0.527. The quantitative estimate of drug-likeness (QED) is 0.843. The Morgan fingerprint density at radius 2 is 2.11 bits per heavy atom. The van der Waals surface area contributed by atoms with E-state index in [4.69, 9.17) is 10.00 Å². The van der Waals surface area contributed by atoms with Crippen LogP contribution >= 0.6 is 0 Å². The van der Waals surface area contributed by atoms with Crippen molar-refractivity contribution in [2.24, 2.45) is 0 Å². The summed E-state index contributed by atoms with van der Waals surface area (Å²) in [4.78, 5) is 1.25. The van der Waals surface area contributed by atoms with Gasteiger partial charge in [0.05, 0.1) is 18.4 Å². The van der Waals surface area contributed by atoms with Crippen LogP contribution in [0.25, 0.3) is 0 Å². The standard InChI is InChI=1S/C13H13F3N2O/c1-19-11-5-2-9(7-17)12(6-11)18(10-3-4-10)8-13(14,15)16/h2,5-6,10H,3-4,8H2,1H3. The Bertz CT molecular complexity index is 504. The number of methoxy groups -OCH3 is 1. The van der Waals surface area contributed by atoms with E-state index < -0.39 is 12.7 Å². The molecule has 19 heavy (non-hydrogen) atoms. The lowest BCUT2D eigenvalue weighted by Crippen LogP contribution is -2.36. The first-order valence-electron chi connectivity index (χ1n) is 5.86. The highest BCUT2D eigenvalue weighted by atomic mass is 19.4. The van der Waals surface area contributed by atoms with Crippen LogP contribution in [0.2, 0.25) is 0 Å².